The highest BCUT2D eigenvalue weighted by atomic mass is 32.2. The summed E-state index contributed by atoms with van der Waals surface area (Å²) in [4.78, 5) is 89.2. The lowest BCUT2D eigenvalue weighted by Crippen LogP contribution is -2.71. The lowest BCUT2D eigenvalue weighted by atomic mass is 9.54. The molecular formula is C39H42N4O14S. The number of carbonyl (C=O) groups excluding carboxylic acids is 5. The summed E-state index contributed by atoms with van der Waals surface area (Å²) >= 11 is 1.29. The van der Waals surface area contributed by atoms with Gasteiger partial charge in [0.15, 0.2) is 17.3 Å². The highest BCUT2D eigenvalue weighted by molar-refractivity contribution is 8.01. The second kappa shape index (κ2) is 14.3. The normalized spacial score (nSPS) is 31.2. The van der Waals surface area contributed by atoms with Crippen molar-refractivity contribution in [3.63, 3.8) is 0 Å². The third-order valence-corrected chi connectivity index (χ3v) is 13.2. The molecular weight excluding hydrogens is 781 g/mol. The first-order valence-electron chi connectivity index (χ1n) is 17.9. The molecule has 0 spiro atoms. The Kier molecular flexibility index (Phi) is 10.3. The molecule has 7 rings (SSSR count). The maximum Gasteiger partial charge on any atom is 0.327 e. The molecule has 0 aromatic heterocycles. The quantitative estimate of drug-likeness (QED) is 0.102. The predicted molar refractivity (Wildman–Crippen MR) is 203 cm³/mol. The number of aliphatic carboxylic acids is 2. The number of rotatable bonds is 7. The third-order valence-electron chi connectivity index (χ3n) is 11.6. The number of phenolic OH excluding ortho intramolecular Hbond substituents is 1. The zero-order valence-electron chi connectivity index (χ0n) is 31.7. The number of nitrogens with one attached hydrogen (secondary N) is 1. The zero-order valence-corrected chi connectivity index (χ0v) is 32.6. The molecule has 2 aromatic carbocycles. The third kappa shape index (κ3) is 6.11. The topological polar surface area (TPSA) is 306 Å². The average molecular weight is 823 g/mol. The van der Waals surface area contributed by atoms with E-state index in [1.165, 1.54) is 72.9 Å². The number of aromatic hydroxyl groups is 1. The fraction of sp³-hybridized carbons (Fsp3) is 0.410. The van der Waals surface area contributed by atoms with Gasteiger partial charge in [-0.25, -0.2) is 4.79 Å². The van der Waals surface area contributed by atoms with E-state index < -0.39 is 127 Å². The van der Waals surface area contributed by atoms with Crippen LogP contribution in [-0.4, -0.2) is 135 Å². The number of likely N-dealkylation sites (N-methyl/N-ethyl adjacent to an activating group) is 1. The lowest BCUT2D eigenvalue weighted by Gasteiger charge is -2.53. The summed E-state index contributed by atoms with van der Waals surface area (Å²) in [5.41, 5.74) is -0.239. The molecule has 0 radical (unpaired) electrons. The van der Waals surface area contributed by atoms with Crippen LogP contribution in [0.2, 0.25) is 0 Å². The van der Waals surface area contributed by atoms with Gasteiger partial charge in [0.1, 0.15) is 40.3 Å². The Bertz CT molecular complexity index is 2240. The molecule has 0 bridgehead atoms. The second-order valence-electron chi connectivity index (χ2n) is 15.7. The number of amides is 3. The van der Waals surface area contributed by atoms with Crippen LogP contribution in [0.5, 0.6) is 5.75 Å². The van der Waals surface area contributed by atoms with E-state index in [9.17, 15) is 69.3 Å². The number of aliphatic hydroxyl groups excluding tert-OH is 2. The van der Waals surface area contributed by atoms with Crippen molar-refractivity contribution in [2.24, 2.45) is 17.6 Å². The molecule has 1 unspecified atom stereocenters. The summed E-state index contributed by atoms with van der Waals surface area (Å²) in [6.07, 6.45) is -0.200. The van der Waals surface area contributed by atoms with Gasteiger partial charge in [0.25, 0.3) is 5.91 Å². The van der Waals surface area contributed by atoms with E-state index in [0.29, 0.717) is 5.56 Å². The van der Waals surface area contributed by atoms with Crippen LogP contribution in [0.1, 0.15) is 49.8 Å². The standard InChI is InChI=1S/C22H24N2O8.C17H18N2O6S/c1-21(31)8-5-4-6-11(25)12(8)16(26)13-9(21)7-10-15(24(2)3)17(27)14(20(23)30)19(29)22(10,32)18(13)28;1-17(2)11(16(24)25)19-13(21)10(14(19)26-17)18-12(20)9(15(22)23)8-6-4-3-5-7-8/h4-6,9-10,15,25-26,29,31-32H,7H2,1-3H3,(H2,23,30);3-7,9-11,14H,1-2H3,(H,18,20)(H,22,23)(H,24,25)/t9-,10-,15-,21+,22+;9?,10-,11+,14-/m01/s1. The van der Waals surface area contributed by atoms with Crippen molar-refractivity contribution in [2.75, 3.05) is 14.1 Å². The van der Waals surface area contributed by atoms with E-state index in [1.54, 1.807) is 32.0 Å². The first kappa shape index (κ1) is 41.9. The van der Waals surface area contributed by atoms with Crippen molar-refractivity contribution < 1.29 is 69.3 Å². The summed E-state index contributed by atoms with van der Waals surface area (Å²) < 4.78 is -0.711. The van der Waals surface area contributed by atoms with Crippen LogP contribution in [-0.2, 0) is 39.2 Å². The number of nitrogens with two attached hydrogens (primary N) is 1. The largest absolute Gasteiger partial charge is 0.508 e. The molecule has 2 aliphatic heterocycles. The van der Waals surface area contributed by atoms with Gasteiger partial charge in [-0.05, 0) is 58.5 Å². The summed E-state index contributed by atoms with van der Waals surface area (Å²) in [6.45, 7) is 4.86. The molecule has 2 saturated heterocycles. The van der Waals surface area contributed by atoms with Crippen LogP contribution in [0.4, 0.5) is 0 Å². The minimum Gasteiger partial charge on any atom is -0.508 e. The van der Waals surface area contributed by atoms with E-state index in [-0.39, 0.29) is 17.5 Å². The SMILES string of the molecule is CC1(C)S[C@@H]2[C@H](NC(=O)C(C(=O)O)c3ccccc3)C(=O)N2[C@H]1C(=O)O.CN(C)[C@@H]1C(=O)C(C(N)=O)=C(O)[C@]2(O)C(=O)C3=C(O)c4c(O)cccc4[C@@](C)(O)[C@H]3C[C@@H]12. The number of hydrogen-bond acceptors (Lipinski definition) is 14. The maximum absolute atomic E-state index is 13.7. The minimum atomic E-state index is -2.75. The number of fused-ring (bicyclic) bond motifs is 4. The average Bonchev–Trinajstić information content (AvgIpc) is 3.39. The van der Waals surface area contributed by atoms with Gasteiger partial charge in [-0.2, -0.15) is 0 Å². The Hall–Kier alpha value is -5.76. The number of carboxylic acid groups (broad SMARTS) is 2. The molecule has 19 heteroatoms. The van der Waals surface area contributed by atoms with Crippen molar-refractivity contribution in [1.29, 1.82) is 0 Å². The molecule has 1 saturated carbocycles. The highest BCUT2D eigenvalue weighted by Crippen LogP contribution is 2.57. The second-order valence-corrected chi connectivity index (χ2v) is 17.5. The van der Waals surface area contributed by atoms with Gasteiger partial charge in [-0.15, -0.1) is 11.8 Å². The summed E-state index contributed by atoms with van der Waals surface area (Å²) in [6, 6.07) is 9.12. The smallest absolute Gasteiger partial charge is 0.327 e. The number of nitrogens with zero attached hydrogens (tertiary/aromatic N) is 2. The minimum absolute atomic E-state index is 0.170. The van der Waals surface area contributed by atoms with E-state index in [2.05, 4.69) is 5.32 Å². The molecule has 3 fully saturated rings. The lowest BCUT2D eigenvalue weighted by molar-refractivity contribution is -0.161. The number of aliphatic hydroxyl groups is 4. The monoisotopic (exact) mass is 822 g/mol. The van der Waals surface area contributed by atoms with Gasteiger partial charge in [0, 0.05) is 22.2 Å². The Morgan fingerprint density at radius 2 is 1.57 bits per heavy atom. The Morgan fingerprint density at radius 3 is 2.12 bits per heavy atom. The Labute approximate surface area is 334 Å². The van der Waals surface area contributed by atoms with Crippen LogP contribution >= 0.6 is 11.8 Å². The predicted octanol–water partition coefficient (Wildman–Crippen LogP) is 0.116. The Balaban J connectivity index is 0.000000200. The molecule has 58 heavy (non-hydrogen) atoms. The fourth-order valence-corrected chi connectivity index (χ4v) is 10.6. The summed E-state index contributed by atoms with van der Waals surface area (Å²) in [7, 11) is 3.01. The molecule has 18 nitrogen and oxygen atoms in total. The van der Waals surface area contributed by atoms with Gasteiger partial charge in [0.05, 0.1) is 17.2 Å². The zero-order chi connectivity index (χ0) is 43.1. The van der Waals surface area contributed by atoms with Gasteiger partial charge >= 0.3 is 11.9 Å². The number of phenols is 1. The highest BCUT2D eigenvalue weighted by Gasteiger charge is 2.67. The number of carbonyl (C=O) groups is 7. The van der Waals surface area contributed by atoms with Gasteiger partial charge in [-0.1, -0.05) is 42.5 Å². The molecule has 9 atom stereocenters. The number of carboxylic acids is 2. The molecule has 2 aromatic rings. The van der Waals surface area contributed by atoms with E-state index in [1.807, 2.05) is 0 Å². The van der Waals surface area contributed by atoms with E-state index >= 15 is 0 Å². The molecule has 308 valence electrons. The first-order chi connectivity index (χ1) is 26.9. The van der Waals surface area contributed by atoms with Crippen molar-refractivity contribution in [3.8, 4) is 5.75 Å². The number of ketones is 2. The van der Waals surface area contributed by atoms with Crippen molar-refractivity contribution in [3.05, 3.63) is 82.1 Å². The molecule has 3 aliphatic carbocycles. The number of thioether (sulfide) groups is 1. The van der Waals surface area contributed by atoms with Crippen molar-refractivity contribution in [2.45, 2.75) is 72.6 Å². The number of primary amides is 1. The van der Waals surface area contributed by atoms with Crippen LogP contribution in [0.15, 0.2) is 65.4 Å². The number of β-lactam (4-membered cyclic amide) rings is 1. The van der Waals surface area contributed by atoms with E-state index in [4.69, 9.17) is 5.73 Å². The first-order valence-corrected chi connectivity index (χ1v) is 18.8. The Morgan fingerprint density at radius 1 is 0.948 bits per heavy atom. The molecule has 3 amide bonds. The number of hydrogen-bond donors (Lipinski definition) is 9. The van der Waals surface area contributed by atoms with Crippen LogP contribution in [0, 0.1) is 11.8 Å². The van der Waals surface area contributed by atoms with Crippen LogP contribution < -0.4 is 11.1 Å². The number of benzene rings is 2. The van der Waals surface area contributed by atoms with Crippen molar-refractivity contribution >= 4 is 58.7 Å². The number of Topliss-reactive ketones (excluding diaryl/α,β-unsaturated/α-hetero) is 2. The summed E-state index contributed by atoms with van der Waals surface area (Å²) in [5.74, 6) is -13.1. The summed E-state index contributed by atoms with van der Waals surface area (Å²) in [5, 5.41) is 75.7. The molecule has 2 heterocycles. The van der Waals surface area contributed by atoms with Crippen LogP contribution in [0.25, 0.3) is 5.76 Å². The fourth-order valence-electron chi connectivity index (χ4n) is 8.94. The van der Waals surface area contributed by atoms with Gasteiger partial charge < -0.3 is 51.7 Å². The van der Waals surface area contributed by atoms with Crippen molar-refractivity contribution in [1.82, 2.24) is 15.1 Å². The van der Waals surface area contributed by atoms with Gasteiger partial charge in [0.2, 0.25) is 17.6 Å². The maximum atomic E-state index is 13.7. The van der Waals surface area contributed by atoms with Gasteiger partial charge in [-0.3, -0.25) is 33.7 Å². The van der Waals surface area contributed by atoms with Crippen LogP contribution in [0.3, 0.4) is 0 Å². The molecule has 5 aliphatic rings. The molecule has 10 N–H and O–H groups in total. The van der Waals surface area contributed by atoms with E-state index in [0.717, 1.165) is 0 Å².